The number of carbonyl (C=O) groups is 1. The van der Waals surface area contributed by atoms with E-state index in [1.54, 1.807) is 0 Å². The number of nitrogens with one attached hydrogen (secondary N) is 2. The molecule has 0 radical (unpaired) electrons. The maximum Gasteiger partial charge on any atom is 0.293 e. The molecule has 0 saturated heterocycles. The molecule has 8 nitrogen and oxygen atoms in total. The zero-order chi connectivity index (χ0) is 16.8. The Morgan fingerprint density at radius 1 is 1.08 bits per heavy atom. The number of amides is 1. The highest BCUT2D eigenvalue weighted by atomic mass is 16.2. The lowest BCUT2D eigenvalue weighted by molar-refractivity contribution is 0.101. The van der Waals surface area contributed by atoms with E-state index in [9.17, 15) is 4.79 Å². The van der Waals surface area contributed by atoms with Crippen LogP contribution < -0.4 is 5.32 Å². The van der Waals surface area contributed by atoms with Crippen molar-refractivity contribution in [3.8, 4) is 5.95 Å². The van der Waals surface area contributed by atoms with Crippen LogP contribution in [0, 0.1) is 0 Å². The summed E-state index contributed by atoms with van der Waals surface area (Å²) < 4.78 is 1.52. The maximum atomic E-state index is 12.5. The number of aryl methyl sites for hydroxylation is 2. The average molecular weight is 331 g/mol. The molecule has 122 valence electrons. The Hall–Kier alpha value is -3.55. The number of hydrogen-bond acceptors (Lipinski definition) is 5. The molecule has 2 N–H and O–H groups in total. The van der Waals surface area contributed by atoms with E-state index in [0.717, 1.165) is 23.9 Å². The average Bonchev–Trinajstić information content (AvgIpc) is 3.38. The van der Waals surface area contributed by atoms with E-state index >= 15 is 0 Å². The lowest BCUT2D eigenvalue weighted by atomic mass is 10.0. The van der Waals surface area contributed by atoms with Crippen molar-refractivity contribution < 1.29 is 4.79 Å². The number of aromatic nitrogens is 6. The van der Waals surface area contributed by atoms with Crippen LogP contribution in [0.2, 0.25) is 0 Å². The number of carbonyl (C=O) groups excluding carboxylic acids is 1. The highest BCUT2D eigenvalue weighted by Gasteiger charge is 2.18. The summed E-state index contributed by atoms with van der Waals surface area (Å²) in [5, 5.41) is 19.3. The molecular formula is C17H13N7O. The predicted molar refractivity (Wildman–Crippen MR) is 90.6 cm³/mol. The van der Waals surface area contributed by atoms with Crippen LogP contribution in [0.3, 0.4) is 0 Å². The fourth-order valence-corrected chi connectivity index (χ4v) is 3.31. The predicted octanol–water partition coefficient (Wildman–Crippen LogP) is 1.89. The van der Waals surface area contributed by atoms with E-state index in [2.05, 4.69) is 42.8 Å². The summed E-state index contributed by atoms with van der Waals surface area (Å²) in [6.45, 7) is 0. The van der Waals surface area contributed by atoms with Gasteiger partial charge in [0, 0.05) is 11.1 Å². The lowest BCUT2D eigenvalue weighted by Gasteiger charge is -2.09. The smallest absolute Gasteiger partial charge is 0.293 e. The third-order valence-corrected chi connectivity index (χ3v) is 4.46. The zero-order valence-corrected chi connectivity index (χ0v) is 13.1. The van der Waals surface area contributed by atoms with Crippen molar-refractivity contribution in [3.63, 3.8) is 0 Å². The molecule has 1 aliphatic carbocycles. The highest BCUT2D eigenvalue weighted by molar-refractivity contribution is 6.09. The maximum absolute atomic E-state index is 12.5. The molecule has 5 rings (SSSR count). The van der Waals surface area contributed by atoms with Gasteiger partial charge in [0.25, 0.3) is 11.9 Å². The summed E-state index contributed by atoms with van der Waals surface area (Å²) in [7, 11) is 0. The van der Waals surface area contributed by atoms with Crippen molar-refractivity contribution in [2.45, 2.75) is 12.8 Å². The van der Waals surface area contributed by atoms with E-state index < -0.39 is 0 Å². The Morgan fingerprint density at radius 2 is 1.88 bits per heavy atom. The molecule has 2 aromatic carbocycles. The van der Waals surface area contributed by atoms with Crippen LogP contribution in [0.1, 0.15) is 21.7 Å². The summed E-state index contributed by atoms with van der Waals surface area (Å²) in [5.41, 5.74) is 3.44. The molecule has 2 aromatic heterocycles. The van der Waals surface area contributed by atoms with Crippen LogP contribution in [-0.4, -0.2) is 35.9 Å². The molecule has 0 unspecified atom stereocenters. The second kappa shape index (κ2) is 5.23. The van der Waals surface area contributed by atoms with Gasteiger partial charge in [0.15, 0.2) is 0 Å². The van der Waals surface area contributed by atoms with Crippen molar-refractivity contribution in [1.82, 2.24) is 29.9 Å². The van der Waals surface area contributed by atoms with Gasteiger partial charge in [0.1, 0.15) is 12.7 Å². The minimum absolute atomic E-state index is 0.131. The molecule has 8 heteroatoms. The summed E-state index contributed by atoms with van der Waals surface area (Å²) in [6.07, 6.45) is 5.03. The molecule has 0 atom stereocenters. The van der Waals surface area contributed by atoms with E-state index in [4.69, 9.17) is 0 Å². The first-order chi connectivity index (χ1) is 12.3. The minimum atomic E-state index is -0.342. The van der Waals surface area contributed by atoms with E-state index in [1.807, 2.05) is 18.2 Å². The van der Waals surface area contributed by atoms with Gasteiger partial charge in [0.2, 0.25) is 5.82 Å². The second-order valence-electron chi connectivity index (χ2n) is 5.92. The second-order valence-corrected chi connectivity index (χ2v) is 5.92. The molecule has 0 saturated carbocycles. The summed E-state index contributed by atoms with van der Waals surface area (Å²) >= 11 is 0. The molecule has 0 spiro atoms. The van der Waals surface area contributed by atoms with Gasteiger partial charge in [-0.2, -0.15) is 4.98 Å². The monoisotopic (exact) mass is 331 g/mol. The van der Waals surface area contributed by atoms with Crippen LogP contribution in [0.5, 0.6) is 0 Å². The highest BCUT2D eigenvalue weighted by Crippen LogP contribution is 2.35. The SMILES string of the molecule is O=C(Nc1ccc2c3c(cccc13)CC2)c1nc(-n2cnnc2)n[nH]1. The topological polar surface area (TPSA) is 101 Å². The Labute approximate surface area is 141 Å². The van der Waals surface area contributed by atoms with Crippen molar-refractivity contribution >= 4 is 22.4 Å². The normalized spacial score (nSPS) is 12.6. The molecule has 4 aromatic rings. The van der Waals surface area contributed by atoms with Crippen molar-refractivity contribution in [1.29, 1.82) is 0 Å². The molecule has 0 bridgehead atoms. The number of aromatic amines is 1. The van der Waals surface area contributed by atoms with Crippen LogP contribution >= 0.6 is 0 Å². The summed E-state index contributed by atoms with van der Waals surface area (Å²) in [5.74, 6) is 0.105. The number of anilines is 1. The largest absolute Gasteiger partial charge is 0.319 e. The zero-order valence-electron chi connectivity index (χ0n) is 13.1. The molecule has 2 heterocycles. The van der Waals surface area contributed by atoms with Gasteiger partial charge in [-0.05, 0) is 35.4 Å². The quantitative estimate of drug-likeness (QED) is 0.597. The summed E-state index contributed by atoms with van der Waals surface area (Å²) in [6, 6.07) is 10.2. The number of hydrogen-bond donors (Lipinski definition) is 2. The Morgan fingerprint density at radius 3 is 2.72 bits per heavy atom. The first-order valence-corrected chi connectivity index (χ1v) is 7.92. The van der Waals surface area contributed by atoms with Crippen molar-refractivity contribution in [2.24, 2.45) is 0 Å². The van der Waals surface area contributed by atoms with Crippen LogP contribution in [0.15, 0.2) is 43.0 Å². The molecule has 0 fully saturated rings. The standard InChI is InChI=1S/C17H13N7O/c25-16(15-21-17(23-22-15)24-8-18-19-9-24)20-13-7-6-11-5-4-10-2-1-3-12(13)14(10)11/h1-3,6-9H,4-5H2,(H,20,25)(H,21,22,23). The number of nitrogens with zero attached hydrogens (tertiary/aromatic N) is 5. The molecule has 1 amide bonds. The Bertz CT molecular complexity index is 1090. The van der Waals surface area contributed by atoms with Gasteiger partial charge in [-0.3, -0.25) is 14.5 Å². The molecule has 1 aliphatic rings. The van der Waals surface area contributed by atoms with E-state index in [-0.39, 0.29) is 11.7 Å². The fraction of sp³-hybridized carbons (Fsp3) is 0.118. The number of benzene rings is 2. The van der Waals surface area contributed by atoms with Crippen LogP contribution in [0.25, 0.3) is 16.7 Å². The van der Waals surface area contributed by atoms with Crippen molar-refractivity contribution in [3.05, 3.63) is 59.9 Å². The van der Waals surface area contributed by atoms with E-state index in [0.29, 0.717) is 5.95 Å². The third kappa shape index (κ3) is 2.18. The third-order valence-electron chi connectivity index (χ3n) is 4.46. The minimum Gasteiger partial charge on any atom is -0.319 e. The number of H-pyrrole nitrogens is 1. The van der Waals surface area contributed by atoms with Gasteiger partial charge in [-0.15, -0.1) is 15.3 Å². The van der Waals surface area contributed by atoms with Gasteiger partial charge >= 0.3 is 0 Å². The Kier molecular flexibility index (Phi) is 2.90. The molecule has 25 heavy (non-hydrogen) atoms. The lowest BCUT2D eigenvalue weighted by Crippen LogP contribution is -2.14. The van der Waals surface area contributed by atoms with Gasteiger partial charge < -0.3 is 5.32 Å². The van der Waals surface area contributed by atoms with Crippen molar-refractivity contribution in [2.75, 3.05) is 5.32 Å². The van der Waals surface area contributed by atoms with Gasteiger partial charge in [-0.1, -0.05) is 24.3 Å². The fourth-order valence-electron chi connectivity index (χ4n) is 3.31. The number of rotatable bonds is 3. The Balaban J connectivity index is 1.48. The van der Waals surface area contributed by atoms with Gasteiger partial charge in [0.05, 0.1) is 0 Å². The summed E-state index contributed by atoms with van der Waals surface area (Å²) in [4.78, 5) is 16.7. The first kappa shape index (κ1) is 13.8. The van der Waals surface area contributed by atoms with E-state index in [1.165, 1.54) is 33.7 Å². The van der Waals surface area contributed by atoms with Crippen LogP contribution in [-0.2, 0) is 12.8 Å². The van der Waals surface area contributed by atoms with Crippen LogP contribution in [0.4, 0.5) is 5.69 Å². The first-order valence-electron chi connectivity index (χ1n) is 7.92. The molecule has 0 aliphatic heterocycles. The molecular weight excluding hydrogens is 318 g/mol. The van der Waals surface area contributed by atoms with Gasteiger partial charge in [-0.25, -0.2) is 0 Å².